The van der Waals surface area contributed by atoms with Crippen molar-refractivity contribution < 1.29 is 9.53 Å². The van der Waals surface area contributed by atoms with E-state index in [1.165, 1.54) is 0 Å². The number of carbonyl (C=O) groups excluding carboxylic acids is 1. The molecule has 2 aromatic rings. The number of ether oxygens (including phenoxy) is 1. The number of nitrogens with zero attached hydrogens (tertiary/aromatic N) is 1. The van der Waals surface area contributed by atoms with E-state index in [0.717, 1.165) is 33.8 Å². The molecule has 0 saturated heterocycles. The Morgan fingerprint density at radius 2 is 1.65 bits per heavy atom. The van der Waals surface area contributed by atoms with Crippen LogP contribution in [-0.4, -0.2) is 17.0 Å². The lowest BCUT2D eigenvalue weighted by Crippen LogP contribution is -2.12. The summed E-state index contributed by atoms with van der Waals surface area (Å²) in [6.07, 6.45) is 0. The van der Waals surface area contributed by atoms with Gasteiger partial charge in [0.1, 0.15) is 5.75 Å². The largest absolute Gasteiger partial charge is 0.485 e. The monoisotopic (exact) mass is 271 g/mol. The van der Waals surface area contributed by atoms with Crippen molar-refractivity contribution in [3.63, 3.8) is 0 Å². The van der Waals surface area contributed by atoms with Crippen LogP contribution in [0.3, 0.4) is 0 Å². The molecule has 106 valence electrons. The number of ketones is 1. The first-order chi connectivity index (χ1) is 9.38. The molecule has 20 heavy (non-hydrogen) atoms. The first kappa shape index (κ1) is 14.4. The van der Waals surface area contributed by atoms with Gasteiger partial charge in [-0.3, -0.25) is 4.79 Å². The topological polar surface area (TPSA) is 31.2 Å². The third-order valence-electron chi connectivity index (χ3n) is 3.64. The van der Waals surface area contributed by atoms with Crippen LogP contribution < -0.4 is 4.74 Å². The molecule has 0 atom stereocenters. The molecule has 2 rings (SSSR count). The predicted octanol–water partition coefficient (Wildman–Crippen LogP) is 3.52. The minimum atomic E-state index is 0.0189. The van der Waals surface area contributed by atoms with Crippen molar-refractivity contribution >= 4 is 5.78 Å². The highest BCUT2D eigenvalue weighted by atomic mass is 16.5. The zero-order valence-electron chi connectivity index (χ0n) is 12.8. The van der Waals surface area contributed by atoms with Crippen LogP contribution >= 0.6 is 0 Å². The van der Waals surface area contributed by atoms with Gasteiger partial charge >= 0.3 is 0 Å². The van der Waals surface area contributed by atoms with E-state index < -0.39 is 0 Å². The van der Waals surface area contributed by atoms with Crippen molar-refractivity contribution in [2.24, 2.45) is 7.05 Å². The summed E-state index contributed by atoms with van der Waals surface area (Å²) in [6.45, 7) is 8.07. The lowest BCUT2D eigenvalue weighted by molar-refractivity contribution is 0.0920. The second-order valence-electron chi connectivity index (χ2n) is 5.38. The van der Waals surface area contributed by atoms with Crippen LogP contribution in [0.1, 0.15) is 32.9 Å². The van der Waals surface area contributed by atoms with Crippen molar-refractivity contribution in [3.8, 4) is 5.75 Å². The van der Waals surface area contributed by atoms with Gasteiger partial charge in [0.25, 0.3) is 0 Å². The third kappa shape index (κ3) is 2.93. The van der Waals surface area contributed by atoms with E-state index in [0.29, 0.717) is 0 Å². The van der Waals surface area contributed by atoms with Crippen molar-refractivity contribution in [1.82, 2.24) is 4.57 Å². The SMILES string of the molecule is Cc1cc(C)cc(OCC(=O)c2cc(C)n(C)c2C)c1. The number of hydrogen-bond acceptors (Lipinski definition) is 2. The number of aromatic nitrogens is 1. The zero-order chi connectivity index (χ0) is 14.9. The van der Waals surface area contributed by atoms with E-state index in [-0.39, 0.29) is 12.4 Å². The normalized spacial score (nSPS) is 10.7. The predicted molar refractivity (Wildman–Crippen MR) is 80.6 cm³/mol. The van der Waals surface area contributed by atoms with Gasteiger partial charge in [0, 0.05) is 24.0 Å². The summed E-state index contributed by atoms with van der Waals surface area (Å²) in [5, 5.41) is 0. The van der Waals surface area contributed by atoms with E-state index in [1.807, 2.05) is 57.5 Å². The average molecular weight is 271 g/mol. The molecule has 1 heterocycles. The van der Waals surface area contributed by atoms with Gasteiger partial charge in [-0.25, -0.2) is 0 Å². The van der Waals surface area contributed by atoms with Crippen molar-refractivity contribution in [1.29, 1.82) is 0 Å². The van der Waals surface area contributed by atoms with Crippen LogP contribution in [0.2, 0.25) is 0 Å². The highest BCUT2D eigenvalue weighted by Gasteiger charge is 2.14. The van der Waals surface area contributed by atoms with E-state index >= 15 is 0 Å². The van der Waals surface area contributed by atoms with Crippen LogP contribution in [-0.2, 0) is 7.05 Å². The molecule has 0 fully saturated rings. The Kier molecular flexibility index (Phi) is 3.98. The second-order valence-corrected chi connectivity index (χ2v) is 5.38. The molecular formula is C17H21NO2. The van der Waals surface area contributed by atoms with Gasteiger partial charge < -0.3 is 9.30 Å². The molecule has 0 aliphatic carbocycles. The Labute approximate surface area is 120 Å². The molecule has 1 aromatic carbocycles. The molecule has 0 aliphatic heterocycles. The molecule has 3 nitrogen and oxygen atoms in total. The Balaban J connectivity index is 2.10. The minimum Gasteiger partial charge on any atom is -0.485 e. The molecule has 0 aliphatic rings. The van der Waals surface area contributed by atoms with Crippen LogP contribution in [0.15, 0.2) is 24.3 Å². The maximum atomic E-state index is 12.2. The molecular weight excluding hydrogens is 250 g/mol. The molecule has 0 saturated carbocycles. The Morgan fingerprint density at radius 3 is 2.15 bits per heavy atom. The van der Waals surface area contributed by atoms with Crippen molar-refractivity contribution in [3.05, 3.63) is 52.3 Å². The Hall–Kier alpha value is -2.03. The van der Waals surface area contributed by atoms with Crippen LogP contribution in [0, 0.1) is 27.7 Å². The lowest BCUT2D eigenvalue weighted by Gasteiger charge is -2.08. The van der Waals surface area contributed by atoms with E-state index in [1.54, 1.807) is 0 Å². The molecule has 0 N–H and O–H groups in total. The Morgan fingerprint density at radius 1 is 1.05 bits per heavy atom. The zero-order valence-corrected chi connectivity index (χ0v) is 12.8. The highest BCUT2D eigenvalue weighted by Crippen LogP contribution is 2.18. The summed E-state index contributed by atoms with van der Waals surface area (Å²) in [4.78, 5) is 12.2. The van der Waals surface area contributed by atoms with Gasteiger partial charge in [0.15, 0.2) is 6.61 Å². The Bertz CT molecular complexity index is 633. The van der Waals surface area contributed by atoms with Crippen molar-refractivity contribution in [2.45, 2.75) is 27.7 Å². The van der Waals surface area contributed by atoms with Gasteiger partial charge in [0.2, 0.25) is 5.78 Å². The van der Waals surface area contributed by atoms with E-state index in [4.69, 9.17) is 4.74 Å². The average Bonchev–Trinajstić information content (AvgIpc) is 2.63. The standard InChI is InChI=1S/C17H21NO2/c1-11-6-12(2)8-15(7-11)20-10-17(19)16-9-13(3)18(5)14(16)4/h6-9H,10H2,1-5H3. The van der Waals surface area contributed by atoms with Crippen molar-refractivity contribution in [2.75, 3.05) is 6.61 Å². The number of aryl methyl sites for hydroxylation is 3. The van der Waals surface area contributed by atoms with Crippen LogP contribution in [0.5, 0.6) is 5.75 Å². The molecule has 0 radical (unpaired) electrons. The van der Waals surface area contributed by atoms with Gasteiger partial charge in [-0.15, -0.1) is 0 Å². The van der Waals surface area contributed by atoms with E-state index in [9.17, 15) is 4.79 Å². The fraction of sp³-hybridized carbons (Fsp3) is 0.353. The summed E-state index contributed by atoms with van der Waals surface area (Å²) in [5.74, 6) is 0.770. The number of carbonyl (C=O) groups is 1. The summed E-state index contributed by atoms with van der Waals surface area (Å²) in [7, 11) is 1.96. The molecule has 0 unspecified atom stereocenters. The summed E-state index contributed by atoms with van der Waals surface area (Å²) < 4.78 is 7.65. The van der Waals surface area contributed by atoms with Gasteiger partial charge in [0.05, 0.1) is 0 Å². The number of rotatable bonds is 4. The minimum absolute atomic E-state index is 0.0189. The fourth-order valence-electron chi connectivity index (χ4n) is 2.38. The third-order valence-corrected chi connectivity index (χ3v) is 3.64. The van der Waals surface area contributed by atoms with Crippen LogP contribution in [0.4, 0.5) is 0 Å². The smallest absolute Gasteiger partial charge is 0.202 e. The second kappa shape index (κ2) is 5.53. The highest BCUT2D eigenvalue weighted by molar-refractivity contribution is 5.98. The molecule has 3 heteroatoms. The van der Waals surface area contributed by atoms with Crippen LogP contribution in [0.25, 0.3) is 0 Å². The number of benzene rings is 1. The molecule has 1 aromatic heterocycles. The van der Waals surface area contributed by atoms with Gasteiger partial charge in [-0.2, -0.15) is 0 Å². The number of Topliss-reactive ketones (excluding diaryl/α,β-unsaturated/α-hetero) is 1. The molecule has 0 amide bonds. The van der Waals surface area contributed by atoms with Gasteiger partial charge in [-0.05, 0) is 57.0 Å². The number of hydrogen-bond donors (Lipinski definition) is 0. The summed E-state index contributed by atoms with van der Waals surface area (Å²) in [6, 6.07) is 7.90. The maximum absolute atomic E-state index is 12.2. The fourth-order valence-corrected chi connectivity index (χ4v) is 2.38. The van der Waals surface area contributed by atoms with Gasteiger partial charge in [-0.1, -0.05) is 6.07 Å². The lowest BCUT2D eigenvalue weighted by atomic mass is 10.1. The molecule has 0 bridgehead atoms. The maximum Gasteiger partial charge on any atom is 0.202 e. The summed E-state index contributed by atoms with van der Waals surface area (Å²) in [5.41, 5.74) is 5.08. The summed E-state index contributed by atoms with van der Waals surface area (Å²) >= 11 is 0. The first-order valence-corrected chi connectivity index (χ1v) is 6.75. The quantitative estimate of drug-likeness (QED) is 0.797. The molecule has 0 spiro atoms. The first-order valence-electron chi connectivity index (χ1n) is 6.75. The van der Waals surface area contributed by atoms with E-state index in [2.05, 4.69) is 6.07 Å².